The van der Waals surface area contributed by atoms with Crippen molar-refractivity contribution in [3.8, 4) is 0 Å². The van der Waals surface area contributed by atoms with Crippen LogP contribution in [-0.2, 0) is 4.79 Å². The van der Waals surface area contributed by atoms with Crippen LogP contribution in [-0.4, -0.2) is 34.0 Å². The summed E-state index contributed by atoms with van der Waals surface area (Å²) in [5.74, 6) is -0.817. The Balaban J connectivity index is 3.79. The number of aliphatic hydroxyl groups excluding tert-OH is 2. The number of carboxylic acids is 1. The SMILES string of the molecule is O=C(O)CC/C=C\CC(O)/C=C/C=C\C=C/C=C/CO. The van der Waals surface area contributed by atoms with Gasteiger partial charge in [-0.15, -0.1) is 0 Å². The minimum atomic E-state index is -0.817. The van der Waals surface area contributed by atoms with Gasteiger partial charge in [0, 0.05) is 6.42 Å². The van der Waals surface area contributed by atoms with Crippen molar-refractivity contribution in [1.29, 1.82) is 0 Å². The molecule has 110 valence electrons. The zero-order valence-electron chi connectivity index (χ0n) is 11.4. The Labute approximate surface area is 119 Å². The molecule has 0 saturated carbocycles. The van der Waals surface area contributed by atoms with Crippen LogP contribution in [0, 0.1) is 0 Å². The second kappa shape index (κ2) is 13.5. The van der Waals surface area contributed by atoms with Gasteiger partial charge in [-0.2, -0.15) is 0 Å². The standard InChI is InChI=1S/C16H22O4/c17-14-10-5-3-1-2-4-7-11-15(18)12-8-6-9-13-16(19)20/h1-8,10-11,15,17-18H,9,12-14H2,(H,19,20)/b3-1-,4-2-,8-6-,10-5+,11-7+. The van der Waals surface area contributed by atoms with Gasteiger partial charge < -0.3 is 15.3 Å². The number of hydrogen-bond donors (Lipinski definition) is 3. The first-order valence-corrected chi connectivity index (χ1v) is 6.49. The summed E-state index contributed by atoms with van der Waals surface area (Å²) in [6.07, 6.45) is 18.0. The predicted octanol–water partition coefficient (Wildman–Crippen LogP) is 2.38. The van der Waals surface area contributed by atoms with Gasteiger partial charge in [0.2, 0.25) is 0 Å². The van der Waals surface area contributed by atoms with E-state index in [0.29, 0.717) is 12.8 Å². The van der Waals surface area contributed by atoms with Crippen LogP contribution in [0.5, 0.6) is 0 Å². The van der Waals surface area contributed by atoms with E-state index >= 15 is 0 Å². The first-order chi connectivity index (χ1) is 9.66. The highest BCUT2D eigenvalue weighted by Crippen LogP contribution is 1.98. The molecule has 4 nitrogen and oxygen atoms in total. The van der Waals surface area contributed by atoms with E-state index in [1.807, 2.05) is 12.2 Å². The van der Waals surface area contributed by atoms with Gasteiger partial charge in [-0.25, -0.2) is 0 Å². The summed E-state index contributed by atoms with van der Waals surface area (Å²) >= 11 is 0. The number of carbonyl (C=O) groups is 1. The minimum Gasteiger partial charge on any atom is -0.481 e. The lowest BCUT2D eigenvalue weighted by atomic mass is 10.2. The van der Waals surface area contributed by atoms with Gasteiger partial charge in [0.1, 0.15) is 0 Å². The largest absolute Gasteiger partial charge is 0.481 e. The molecule has 0 amide bonds. The van der Waals surface area contributed by atoms with E-state index in [9.17, 15) is 9.90 Å². The third-order valence-electron chi connectivity index (χ3n) is 2.20. The number of allylic oxidation sites excluding steroid dienone is 7. The van der Waals surface area contributed by atoms with Crippen molar-refractivity contribution in [3.05, 3.63) is 60.8 Å². The van der Waals surface area contributed by atoms with Crippen LogP contribution in [0.1, 0.15) is 19.3 Å². The highest BCUT2D eigenvalue weighted by molar-refractivity contribution is 5.66. The monoisotopic (exact) mass is 278 g/mol. The van der Waals surface area contributed by atoms with Crippen molar-refractivity contribution in [2.45, 2.75) is 25.4 Å². The summed E-state index contributed by atoms with van der Waals surface area (Å²) in [6, 6.07) is 0. The molecule has 4 heteroatoms. The highest BCUT2D eigenvalue weighted by atomic mass is 16.4. The van der Waals surface area contributed by atoms with E-state index in [0.717, 1.165) is 0 Å². The second-order valence-electron chi connectivity index (χ2n) is 3.97. The molecule has 0 aliphatic heterocycles. The smallest absolute Gasteiger partial charge is 0.303 e. The van der Waals surface area contributed by atoms with Gasteiger partial charge in [-0.05, 0) is 12.8 Å². The molecule has 1 unspecified atom stereocenters. The topological polar surface area (TPSA) is 77.8 Å². The van der Waals surface area contributed by atoms with Gasteiger partial charge in [0.05, 0.1) is 12.7 Å². The molecular weight excluding hydrogens is 256 g/mol. The number of aliphatic hydroxyl groups is 2. The van der Waals surface area contributed by atoms with Crippen LogP contribution < -0.4 is 0 Å². The van der Waals surface area contributed by atoms with Crippen molar-refractivity contribution < 1.29 is 20.1 Å². The van der Waals surface area contributed by atoms with Gasteiger partial charge >= 0.3 is 5.97 Å². The fourth-order valence-corrected chi connectivity index (χ4v) is 1.23. The average Bonchev–Trinajstić information content (AvgIpc) is 2.41. The van der Waals surface area contributed by atoms with E-state index in [2.05, 4.69) is 0 Å². The number of aliphatic carboxylic acids is 1. The second-order valence-corrected chi connectivity index (χ2v) is 3.97. The minimum absolute atomic E-state index is 0.0279. The number of rotatable bonds is 10. The highest BCUT2D eigenvalue weighted by Gasteiger charge is 1.94. The summed E-state index contributed by atoms with van der Waals surface area (Å²) in [5.41, 5.74) is 0. The Morgan fingerprint density at radius 1 is 0.950 bits per heavy atom. The van der Waals surface area contributed by atoms with E-state index in [4.69, 9.17) is 10.2 Å². The van der Waals surface area contributed by atoms with E-state index in [-0.39, 0.29) is 13.0 Å². The molecule has 3 N–H and O–H groups in total. The van der Waals surface area contributed by atoms with Crippen molar-refractivity contribution in [3.63, 3.8) is 0 Å². The van der Waals surface area contributed by atoms with Crippen LogP contribution in [0.15, 0.2) is 60.8 Å². The lowest BCUT2D eigenvalue weighted by molar-refractivity contribution is -0.136. The van der Waals surface area contributed by atoms with Crippen molar-refractivity contribution in [1.82, 2.24) is 0 Å². The van der Waals surface area contributed by atoms with E-state index in [1.165, 1.54) is 0 Å². The van der Waals surface area contributed by atoms with Crippen molar-refractivity contribution in [2.24, 2.45) is 0 Å². The molecule has 0 fully saturated rings. The normalized spacial score (nSPS) is 14.5. The van der Waals surface area contributed by atoms with Gasteiger partial charge in [-0.1, -0.05) is 60.8 Å². The molecule has 0 heterocycles. The fraction of sp³-hybridized carbons (Fsp3) is 0.312. The molecule has 0 rings (SSSR count). The summed E-state index contributed by atoms with van der Waals surface area (Å²) in [4.78, 5) is 10.3. The summed E-state index contributed by atoms with van der Waals surface area (Å²) < 4.78 is 0. The third kappa shape index (κ3) is 14.2. The maximum Gasteiger partial charge on any atom is 0.303 e. The summed E-state index contributed by atoms with van der Waals surface area (Å²) in [5, 5.41) is 26.5. The van der Waals surface area contributed by atoms with Crippen LogP contribution in [0.25, 0.3) is 0 Å². The lowest BCUT2D eigenvalue weighted by Crippen LogP contribution is -1.99. The van der Waals surface area contributed by atoms with Crippen molar-refractivity contribution >= 4 is 5.97 Å². The summed E-state index contributed by atoms with van der Waals surface area (Å²) in [7, 11) is 0. The van der Waals surface area contributed by atoms with Gasteiger partial charge in [0.25, 0.3) is 0 Å². The Bertz CT molecular complexity index is 389. The van der Waals surface area contributed by atoms with Crippen LogP contribution in [0.3, 0.4) is 0 Å². The predicted molar refractivity (Wildman–Crippen MR) is 80.3 cm³/mol. The molecular formula is C16H22O4. The molecule has 0 radical (unpaired) electrons. The van der Waals surface area contributed by atoms with Gasteiger partial charge in [-0.3, -0.25) is 4.79 Å². The zero-order chi connectivity index (χ0) is 15.1. The zero-order valence-corrected chi connectivity index (χ0v) is 11.4. The molecule has 0 aromatic carbocycles. The molecule has 0 saturated heterocycles. The Hall–Kier alpha value is -1.91. The quantitative estimate of drug-likeness (QED) is 0.423. The van der Waals surface area contributed by atoms with E-state index in [1.54, 1.807) is 48.6 Å². The lowest BCUT2D eigenvalue weighted by Gasteiger charge is -1.98. The third-order valence-corrected chi connectivity index (χ3v) is 2.20. The fourth-order valence-electron chi connectivity index (χ4n) is 1.23. The molecule has 0 aromatic heterocycles. The maximum absolute atomic E-state index is 10.3. The molecule has 1 atom stereocenters. The van der Waals surface area contributed by atoms with Crippen LogP contribution in [0.4, 0.5) is 0 Å². The van der Waals surface area contributed by atoms with Gasteiger partial charge in [0.15, 0.2) is 0 Å². The molecule has 0 aliphatic rings. The van der Waals surface area contributed by atoms with E-state index < -0.39 is 12.1 Å². The molecule has 0 aliphatic carbocycles. The number of hydrogen-bond acceptors (Lipinski definition) is 3. The Morgan fingerprint density at radius 2 is 1.60 bits per heavy atom. The molecule has 0 bridgehead atoms. The van der Waals surface area contributed by atoms with Crippen LogP contribution in [0.2, 0.25) is 0 Å². The first-order valence-electron chi connectivity index (χ1n) is 6.49. The molecule has 20 heavy (non-hydrogen) atoms. The Morgan fingerprint density at radius 3 is 2.25 bits per heavy atom. The average molecular weight is 278 g/mol. The Kier molecular flexibility index (Phi) is 12.2. The maximum atomic E-state index is 10.3. The van der Waals surface area contributed by atoms with Crippen molar-refractivity contribution in [2.75, 3.05) is 6.61 Å². The van der Waals surface area contributed by atoms with Crippen LogP contribution >= 0.6 is 0 Å². The number of carboxylic acid groups (broad SMARTS) is 1. The summed E-state index contributed by atoms with van der Waals surface area (Å²) in [6.45, 7) is 0.0279. The molecule has 0 aromatic rings. The molecule has 0 spiro atoms. The first kappa shape index (κ1) is 18.1.